The second kappa shape index (κ2) is 8.32. The maximum absolute atomic E-state index is 12.2. The first-order chi connectivity index (χ1) is 11.0. The van der Waals surface area contributed by atoms with Gasteiger partial charge in [0.1, 0.15) is 0 Å². The highest BCUT2D eigenvalue weighted by molar-refractivity contribution is 6.74. The predicted octanol–water partition coefficient (Wildman–Crippen LogP) is 4.99. The van der Waals surface area contributed by atoms with E-state index in [-0.39, 0.29) is 22.7 Å². The van der Waals surface area contributed by atoms with Gasteiger partial charge in [-0.25, -0.2) is 0 Å². The van der Waals surface area contributed by atoms with Crippen LogP contribution in [0.5, 0.6) is 0 Å². The lowest BCUT2D eigenvalue weighted by Crippen LogP contribution is -2.40. The molecular formula is C19H34O4Si. The molecule has 0 fully saturated rings. The lowest BCUT2D eigenvalue weighted by atomic mass is 10.0. The number of rotatable bonds is 8. The molecule has 1 aliphatic rings. The summed E-state index contributed by atoms with van der Waals surface area (Å²) >= 11 is 0. The zero-order valence-corrected chi connectivity index (χ0v) is 17.5. The molecule has 1 atom stereocenters. The summed E-state index contributed by atoms with van der Waals surface area (Å²) in [4.78, 5) is 23.6. The number of Topliss-reactive ketones (excluding diaryl/α,β-unsaturated/α-hetero) is 1. The van der Waals surface area contributed by atoms with E-state index < -0.39 is 8.32 Å². The molecule has 0 N–H and O–H groups in total. The molecule has 0 heterocycles. The Bertz CT molecular complexity index is 500. The van der Waals surface area contributed by atoms with Crippen LogP contribution in [0.1, 0.15) is 66.2 Å². The Labute approximate surface area is 148 Å². The molecule has 0 aromatic heterocycles. The molecule has 0 aromatic rings. The first kappa shape index (κ1) is 20.9. The Morgan fingerprint density at radius 1 is 1.21 bits per heavy atom. The number of methoxy groups -OCH3 is 1. The average molecular weight is 355 g/mol. The SMILES string of the molecule is COC(=O)C(C)CCCCC1=C(O[Si](C)(C)C(C)(C)C)CCC1=O. The number of ketones is 1. The van der Waals surface area contributed by atoms with Crippen molar-refractivity contribution < 1.29 is 18.8 Å². The Morgan fingerprint density at radius 2 is 1.83 bits per heavy atom. The number of unbranched alkanes of at least 4 members (excludes halogenated alkanes) is 1. The van der Waals surface area contributed by atoms with E-state index in [4.69, 9.17) is 9.16 Å². The molecule has 0 saturated heterocycles. The third-order valence-corrected chi connectivity index (χ3v) is 9.72. The van der Waals surface area contributed by atoms with Crippen molar-refractivity contribution in [1.29, 1.82) is 0 Å². The Morgan fingerprint density at radius 3 is 2.38 bits per heavy atom. The molecule has 1 aliphatic carbocycles. The maximum atomic E-state index is 12.2. The number of ether oxygens (including phenoxy) is 1. The van der Waals surface area contributed by atoms with Gasteiger partial charge in [-0.05, 0) is 37.4 Å². The van der Waals surface area contributed by atoms with Gasteiger partial charge in [-0.3, -0.25) is 9.59 Å². The van der Waals surface area contributed by atoms with Crippen LogP contribution in [0.3, 0.4) is 0 Å². The zero-order chi connectivity index (χ0) is 18.5. The van der Waals surface area contributed by atoms with Gasteiger partial charge in [-0.2, -0.15) is 0 Å². The van der Waals surface area contributed by atoms with Crippen LogP contribution >= 0.6 is 0 Å². The molecular weight excluding hydrogens is 320 g/mol. The van der Waals surface area contributed by atoms with E-state index in [1.807, 2.05) is 6.92 Å². The van der Waals surface area contributed by atoms with Crippen LogP contribution in [0.4, 0.5) is 0 Å². The van der Waals surface area contributed by atoms with Crippen LogP contribution in [0.25, 0.3) is 0 Å². The van der Waals surface area contributed by atoms with E-state index in [0.717, 1.165) is 43.4 Å². The van der Waals surface area contributed by atoms with E-state index in [1.54, 1.807) is 0 Å². The fourth-order valence-electron chi connectivity index (χ4n) is 2.61. The topological polar surface area (TPSA) is 52.6 Å². The van der Waals surface area contributed by atoms with Crippen LogP contribution in [0.15, 0.2) is 11.3 Å². The standard InChI is InChI=1S/C19H34O4Si/c1-14(18(21)22-5)10-8-9-11-15-16(20)12-13-17(15)23-24(6,7)19(2,3)4/h14H,8-13H2,1-7H3. The van der Waals surface area contributed by atoms with Gasteiger partial charge in [0.15, 0.2) is 5.78 Å². The first-order valence-corrected chi connectivity index (χ1v) is 11.9. The fraction of sp³-hybridized carbons (Fsp3) is 0.789. The maximum Gasteiger partial charge on any atom is 0.308 e. The monoisotopic (exact) mass is 354 g/mol. The van der Waals surface area contributed by atoms with E-state index >= 15 is 0 Å². The molecule has 0 bridgehead atoms. The minimum Gasteiger partial charge on any atom is -0.546 e. The number of hydrogen-bond acceptors (Lipinski definition) is 4. The number of hydrogen-bond donors (Lipinski definition) is 0. The smallest absolute Gasteiger partial charge is 0.308 e. The summed E-state index contributed by atoms with van der Waals surface area (Å²) in [6.45, 7) is 13.0. The number of esters is 1. The Kier molecular flexibility index (Phi) is 7.26. The van der Waals surface area contributed by atoms with E-state index in [0.29, 0.717) is 6.42 Å². The minimum atomic E-state index is -1.90. The lowest BCUT2D eigenvalue weighted by Gasteiger charge is -2.37. The van der Waals surface area contributed by atoms with Crippen molar-refractivity contribution in [1.82, 2.24) is 0 Å². The zero-order valence-electron chi connectivity index (χ0n) is 16.5. The van der Waals surface area contributed by atoms with Crippen LogP contribution in [0, 0.1) is 5.92 Å². The van der Waals surface area contributed by atoms with Gasteiger partial charge in [-0.1, -0.05) is 34.1 Å². The largest absolute Gasteiger partial charge is 0.546 e. The van der Waals surface area contributed by atoms with Crippen molar-refractivity contribution in [2.75, 3.05) is 7.11 Å². The van der Waals surface area contributed by atoms with Crippen molar-refractivity contribution in [3.05, 3.63) is 11.3 Å². The summed E-state index contributed by atoms with van der Waals surface area (Å²) in [6, 6.07) is 0. The highest BCUT2D eigenvalue weighted by atomic mass is 28.4. The summed E-state index contributed by atoms with van der Waals surface area (Å²) in [5, 5.41) is 0.132. The minimum absolute atomic E-state index is 0.0776. The molecule has 5 heteroatoms. The van der Waals surface area contributed by atoms with E-state index in [9.17, 15) is 9.59 Å². The molecule has 0 saturated carbocycles. The third-order valence-electron chi connectivity index (χ3n) is 5.35. The lowest BCUT2D eigenvalue weighted by molar-refractivity contribution is -0.145. The molecule has 0 radical (unpaired) electrons. The van der Waals surface area contributed by atoms with E-state index in [2.05, 4.69) is 33.9 Å². The van der Waals surface area contributed by atoms with Crippen LogP contribution < -0.4 is 0 Å². The van der Waals surface area contributed by atoms with Crippen molar-refractivity contribution in [3.8, 4) is 0 Å². The summed E-state index contributed by atoms with van der Waals surface area (Å²) in [7, 11) is -0.476. The second-order valence-electron chi connectivity index (χ2n) is 8.36. The quantitative estimate of drug-likeness (QED) is 0.350. The molecule has 0 spiro atoms. The van der Waals surface area contributed by atoms with Crippen molar-refractivity contribution >= 4 is 20.1 Å². The molecule has 1 unspecified atom stereocenters. The third kappa shape index (κ3) is 5.47. The highest BCUT2D eigenvalue weighted by Gasteiger charge is 2.41. The Balaban J connectivity index is 2.63. The van der Waals surface area contributed by atoms with Gasteiger partial charge in [0.05, 0.1) is 18.8 Å². The van der Waals surface area contributed by atoms with Crippen LogP contribution in [-0.2, 0) is 18.8 Å². The summed E-state index contributed by atoms with van der Waals surface area (Å²) < 4.78 is 11.1. The predicted molar refractivity (Wildman–Crippen MR) is 99.2 cm³/mol. The summed E-state index contributed by atoms with van der Waals surface area (Å²) in [5.74, 6) is 0.941. The normalized spacial score (nSPS) is 17.2. The van der Waals surface area contributed by atoms with Gasteiger partial charge in [0.25, 0.3) is 0 Å². The first-order valence-electron chi connectivity index (χ1n) is 9.01. The van der Waals surface area contributed by atoms with Gasteiger partial charge >= 0.3 is 5.97 Å². The molecule has 24 heavy (non-hydrogen) atoms. The molecule has 1 rings (SSSR count). The summed E-state index contributed by atoms with van der Waals surface area (Å²) in [6.07, 6.45) is 4.72. The highest BCUT2D eigenvalue weighted by Crippen LogP contribution is 2.40. The summed E-state index contributed by atoms with van der Waals surface area (Å²) in [5.41, 5.74) is 0.894. The van der Waals surface area contributed by atoms with Gasteiger partial charge < -0.3 is 9.16 Å². The van der Waals surface area contributed by atoms with Crippen molar-refractivity contribution in [3.63, 3.8) is 0 Å². The van der Waals surface area contributed by atoms with E-state index in [1.165, 1.54) is 7.11 Å². The average Bonchev–Trinajstić information content (AvgIpc) is 2.81. The van der Waals surface area contributed by atoms with Gasteiger partial charge in [0.2, 0.25) is 8.32 Å². The van der Waals surface area contributed by atoms with Gasteiger partial charge in [-0.15, -0.1) is 0 Å². The molecule has 0 amide bonds. The fourth-order valence-corrected chi connectivity index (χ4v) is 3.76. The van der Waals surface area contributed by atoms with Gasteiger partial charge in [0, 0.05) is 18.4 Å². The van der Waals surface area contributed by atoms with Crippen molar-refractivity contribution in [2.45, 2.75) is 84.4 Å². The second-order valence-corrected chi connectivity index (χ2v) is 13.1. The van der Waals surface area contributed by atoms with Crippen molar-refractivity contribution in [2.24, 2.45) is 5.92 Å². The van der Waals surface area contributed by atoms with Crippen LogP contribution in [0.2, 0.25) is 18.1 Å². The molecule has 0 aliphatic heterocycles. The molecule has 4 nitrogen and oxygen atoms in total. The number of allylic oxidation sites excluding steroid dienone is 2. The molecule has 0 aromatic carbocycles. The Hall–Kier alpha value is -1.10. The number of carbonyl (C=O) groups is 2. The van der Waals surface area contributed by atoms with Crippen LogP contribution in [-0.4, -0.2) is 27.2 Å². The molecule has 138 valence electrons. The number of carbonyl (C=O) groups excluding carboxylic acids is 2.